The number of nitrogens with zero attached hydrogens (tertiary/aromatic N) is 2. The zero-order chi connectivity index (χ0) is 25.8. The molecule has 2 rings (SSSR count). The molecule has 0 aromatic heterocycles. The summed E-state index contributed by atoms with van der Waals surface area (Å²) in [5.41, 5.74) is 1.66. The first-order valence-corrected chi connectivity index (χ1v) is 14.2. The van der Waals surface area contributed by atoms with Crippen LogP contribution in [-0.2, 0) is 26.0 Å². The smallest absolute Gasteiger partial charge is 0.243 e. The number of amides is 2. The summed E-state index contributed by atoms with van der Waals surface area (Å²) in [5, 5.41) is 3.01. The molecule has 0 heterocycles. The largest absolute Gasteiger partial charge is 0.352 e. The molecule has 0 saturated carbocycles. The molecule has 0 saturated heterocycles. The normalized spacial score (nSPS) is 13.0. The molecule has 0 aliphatic carbocycles. The van der Waals surface area contributed by atoms with E-state index in [4.69, 9.17) is 0 Å². The lowest BCUT2D eigenvalue weighted by atomic mass is 10.1. The van der Waals surface area contributed by atoms with E-state index in [0.717, 1.165) is 12.0 Å². The maximum atomic E-state index is 13.4. The highest BCUT2D eigenvalue weighted by molar-refractivity contribution is 7.92. The first-order valence-electron chi connectivity index (χ1n) is 12.3. The minimum atomic E-state index is -3.49. The Morgan fingerprint density at radius 2 is 1.51 bits per heavy atom. The molecule has 2 amide bonds. The molecule has 0 fully saturated rings. The van der Waals surface area contributed by atoms with Crippen LogP contribution in [0.15, 0.2) is 60.7 Å². The summed E-state index contributed by atoms with van der Waals surface area (Å²) in [6.45, 7) is 6.47. The van der Waals surface area contributed by atoms with Gasteiger partial charge in [-0.1, -0.05) is 62.4 Å². The zero-order valence-electron chi connectivity index (χ0n) is 21.3. The molecule has 2 aromatic carbocycles. The number of hydrogen-bond donors (Lipinski definition) is 1. The van der Waals surface area contributed by atoms with E-state index in [9.17, 15) is 18.0 Å². The summed E-state index contributed by atoms with van der Waals surface area (Å²) in [4.78, 5) is 28.0. The molecule has 2 aromatic rings. The second-order valence-corrected chi connectivity index (χ2v) is 10.7. The van der Waals surface area contributed by atoms with E-state index >= 15 is 0 Å². The third-order valence-electron chi connectivity index (χ3n) is 6.07. The van der Waals surface area contributed by atoms with Gasteiger partial charge in [0.05, 0.1) is 11.9 Å². The average molecular weight is 502 g/mol. The lowest BCUT2D eigenvalue weighted by Gasteiger charge is -2.32. The Morgan fingerprint density at radius 1 is 0.914 bits per heavy atom. The molecule has 2 atom stereocenters. The number of benzene rings is 2. The summed E-state index contributed by atoms with van der Waals surface area (Å²) in [5.74, 6) is -0.293. The number of para-hydroxylation sites is 1. The van der Waals surface area contributed by atoms with Crippen molar-refractivity contribution in [1.29, 1.82) is 0 Å². The van der Waals surface area contributed by atoms with E-state index in [1.807, 2.05) is 57.2 Å². The van der Waals surface area contributed by atoms with Crippen molar-refractivity contribution >= 4 is 27.5 Å². The van der Waals surface area contributed by atoms with Gasteiger partial charge in [-0.2, -0.15) is 0 Å². The summed E-state index contributed by atoms with van der Waals surface area (Å²) in [6, 6.07) is 18.2. The molecular weight excluding hydrogens is 462 g/mol. The van der Waals surface area contributed by atoms with Crippen molar-refractivity contribution in [2.75, 3.05) is 23.7 Å². The molecule has 0 bridgehead atoms. The molecule has 0 aliphatic rings. The standard InChI is InChI=1S/C27H39N3O4S/c1-5-22(3)28-27(32)25(6-2)29(21-19-23-14-9-7-10-15-23)26(31)18-13-20-30(35(4,33)34)24-16-11-8-12-17-24/h7-12,14-17,22,25H,5-6,13,18-21H2,1-4H3,(H,28,32)/t22-,25-/m1/s1. The first-order chi connectivity index (χ1) is 16.7. The minimum absolute atomic E-state index is 0.0248. The lowest BCUT2D eigenvalue weighted by Crippen LogP contribution is -2.51. The second-order valence-electron chi connectivity index (χ2n) is 8.84. The molecule has 0 unspecified atom stereocenters. The Morgan fingerprint density at radius 3 is 2.06 bits per heavy atom. The van der Waals surface area contributed by atoms with Crippen molar-refractivity contribution in [1.82, 2.24) is 10.2 Å². The van der Waals surface area contributed by atoms with Crippen LogP contribution in [0.5, 0.6) is 0 Å². The number of hydrogen-bond acceptors (Lipinski definition) is 4. The number of anilines is 1. The summed E-state index contributed by atoms with van der Waals surface area (Å²) in [6.07, 6.45) is 3.62. The Labute approximate surface area is 210 Å². The quantitative estimate of drug-likeness (QED) is 0.424. The van der Waals surface area contributed by atoms with Crippen LogP contribution < -0.4 is 9.62 Å². The molecule has 0 aliphatic heterocycles. The molecule has 192 valence electrons. The SMILES string of the molecule is CC[C@@H](C)NC(=O)[C@@H](CC)N(CCc1ccccc1)C(=O)CCCN(c1ccccc1)S(C)(=O)=O. The van der Waals surface area contributed by atoms with E-state index in [-0.39, 0.29) is 30.8 Å². The fourth-order valence-electron chi connectivity index (χ4n) is 3.94. The Balaban J connectivity index is 2.14. The Kier molecular flexibility index (Phi) is 11.2. The fourth-order valence-corrected chi connectivity index (χ4v) is 4.90. The maximum Gasteiger partial charge on any atom is 0.243 e. The van der Waals surface area contributed by atoms with Gasteiger partial charge in [-0.3, -0.25) is 13.9 Å². The van der Waals surface area contributed by atoms with Crippen molar-refractivity contribution in [2.45, 2.75) is 65.0 Å². The average Bonchev–Trinajstić information content (AvgIpc) is 2.84. The van der Waals surface area contributed by atoms with E-state index < -0.39 is 16.1 Å². The molecule has 8 heteroatoms. The predicted octanol–water partition coefficient (Wildman–Crippen LogP) is 4.00. The van der Waals surface area contributed by atoms with Crippen molar-refractivity contribution in [2.24, 2.45) is 0 Å². The van der Waals surface area contributed by atoms with Crippen molar-refractivity contribution in [3.05, 3.63) is 66.2 Å². The molecule has 35 heavy (non-hydrogen) atoms. The number of carbonyl (C=O) groups is 2. The van der Waals surface area contributed by atoms with Crippen LogP contribution >= 0.6 is 0 Å². The van der Waals surface area contributed by atoms with Crippen molar-refractivity contribution in [3.63, 3.8) is 0 Å². The molecule has 0 radical (unpaired) electrons. The van der Waals surface area contributed by atoms with Crippen LogP contribution in [0, 0.1) is 0 Å². The van der Waals surface area contributed by atoms with Gasteiger partial charge in [0.1, 0.15) is 6.04 Å². The van der Waals surface area contributed by atoms with Crippen LogP contribution in [0.1, 0.15) is 52.0 Å². The fraction of sp³-hybridized carbons (Fsp3) is 0.481. The Hall–Kier alpha value is -2.87. The van der Waals surface area contributed by atoms with E-state index in [1.54, 1.807) is 29.2 Å². The van der Waals surface area contributed by atoms with Crippen LogP contribution in [0.25, 0.3) is 0 Å². The third-order valence-corrected chi connectivity index (χ3v) is 7.26. The number of nitrogens with one attached hydrogen (secondary N) is 1. The van der Waals surface area contributed by atoms with Gasteiger partial charge in [0.25, 0.3) is 0 Å². The maximum absolute atomic E-state index is 13.4. The highest BCUT2D eigenvalue weighted by Crippen LogP contribution is 2.18. The van der Waals surface area contributed by atoms with E-state index in [1.165, 1.54) is 10.6 Å². The second kappa shape index (κ2) is 13.9. The summed E-state index contributed by atoms with van der Waals surface area (Å²) < 4.78 is 26.0. The van der Waals surface area contributed by atoms with Crippen molar-refractivity contribution < 1.29 is 18.0 Å². The number of carbonyl (C=O) groups excluding carboxylic acids is 2. The van der Waals surface area contributed by atoms with Gasteiger partial charge in [-0.25, -0.2) is 8.42 Å². The van der Waals surface area contributed by atoms with Crippen LogP contribution in [0.2, 0.25) is 0 Å². The van der Waals surface area contributed by atoms with Gasteiger partial charge in [0.2, 0.25) is 21.8 Å². The molecule has 0 spiro atoms. The topological polar surface area (TPSA) is 86.8 Å². The van der Waals surface area contributed by atoms with Gasteiger partial charge in [0, 0.05) is 25.6 Å². The first kappa shape index (κ1) is 28.4. The van der Waals surface area contributed by atoms with Gasteiger partial charge in [-0.05, 0) is 50.3 Å². The summed E-state index contributed by atoms with van der Waals surface area (Å²) in [7, 11) is -3.49. The predicted molar refractivity (Wildman–Crippen MR) is 142 cm³/mol. The highest BCUT2D eigenvalue weighted by Gasteiger charge is 2.29. The lowest BCUT2D eigenvalue weighted by molar-refractivity contribution is -0.141. The minimum Gasteiger partial charge on any atom is -0.352 e. The van der Waals surface area contributed by atoms with Gasteiger partial charge in [0.15, 0.2) is 0 Å². The van der Waals surface area contributed by atoms with E-state index in [2.05, 4.69) is 5.32 Å². The number of rotatable bonds is 14. The summed E-state index contributed by atoms with van der Waals surface area (Å²) >= 11 is 0. The van der Waals surface area contributed by atoms with Crippen LogP contribution in [-0.4, -0.2) is 56.6 Å². The Bertz CT molecular complexity index is 1030. The zero-order valence-corrected chi connectivity index (χ0v) is 22.1. The molecule has 1 N–H and O–H groups in total. The molecule has 7 nitrogen and oxygen atoms in total. The highest BCUT2D eigenvalue weighted by atomic mass is 32.2. The monoisotopic (exact) mass is 501 g/mol. The van der Waals surface area contributed by atoms with Crippen LogP contribution in [0.3, 0.4) is 0 Å². The van der Waals surface area contributed by atoms with Gasteiger partial charge < -0.3 is 10.2 Å². The number of sulfonamides is 1. The molecular formula is C27H39N3O4S. The van der Waals surface area contributed by atoms with Crippen molar-refractivity contribution in [3.8, 4) is 0 Å². The van der Waals surface area contributed by atoms with E-state index in [0.29, 0.717) is 31.5 Å². The van der Waals surface area contributed by atoms with Crippen LogP contribution in [0.4, 0.5) is 5.69 Å². The van der Waals surface area contributed by atoms with Gasteiger partial charge in [-0.15, -0.1) is 0 Å². The third kappa shape index (κ3) is 9.02. The van der Waals surface area contributed by atoms with Gasteiger partial charge >= 0.3 is 0 Å².